The van der Waals surface area contributed by atoms with E-state index in [9.17, 15) is 15.0 Å². The molecule has 0 aromatic heterocycles. The number of aliphatic hydroxyl groups is 2. The number of carbonyl (C=O) groups is 1. The van der Waals surface area contributed by atoms with Crippen molar-refractivity contribution in [3.63, 3.8) is 0 Å². The molecular weight excluding hydrogens is 566 g/mol. The van der Waals surface area contributed by atoms with Crippen molar-refractivity contribution < 1.29 is 15.0 Å². The minimum Gasteiger partial charge on any atom is -0.394 e. The highest BCUT2D eigenvalue weighted by Gasteiger charge is 2.17. The first kappa shape index (κ1) is 45.1. The van der Waals surface area contributed by atoms with Gasteiger partial charge in [-0.2, -0.15) is 0 Å². The number of rotatable bonds is 38. The Bertz CT molecular complexity index is 622. The van der Waals surface area contributed by atoms with Crippen LogP contribution in [-0.2, 0) is 4.79 Å². The molecule has 0 unspecified atom stereocenters. The quantitative estimate of drug-likeness (QED) is 0.0460. The average Bonchev–Trinajstić information content (AvgIpc) is 3.06. The van der Waals surface area contributed by atoms with Gasteiger partial charge in [-0.3, -0.25) is 4.79 Å². The van der Waals surface area contributed by atoms with Gasteiger partial charge in [-0.05, 0) is 19.3 Å². The summed E-state index contributed by atoms with van der Waals surface area (Å²) in [6.07, 6.45) is 47.4. The van der Waals surface area contributed by atoms with Gasteiger partial charge in [0.15, 0.2) is 0 Å². The Hall–Kier alpha value is -0.870. The van der Waals surface area contributed by atoms with Crippen LogP contribution in [0.3, 0.4) is 0 Å². The van der Waals surface area contributed by atoms with Gasteiger partial charge in [0.25, 0.3) is 0 Å². The lowest BCUT2D eigenvalue weighted by molar-refractivity contribution is -0.123. The molecule has 0 bridgehead atoms. The van der Waals surface area contributed by atoms with E-state index in [4.69, 9.17) is 0 Å². The maximum absolute atomic E-state index is 12.3. The molecule has 4 heteroatoms. The largest absolute Gasteiger partial charge is 0.394 e. The lowest BCUT2D eigenvalue weighted by Crippen LogP contribution is -2.45. The summed E-state index contributed by atoms with van der Waals surface area (Å²) in [5, 5.41) is 22.9. The summed E-state index contributed by atoms with van der Waals surface area (Å²) >= 11 is 0. The Morgan fingerprint density at radius 2 is 0.804 bits per heavy atom. The van der Waals surface area contributed by atoms with Crippen LogP contribution in [-0.4, -0.2) is 34.9 Å². The number of nitrogens with one attached hydrogen (secondary N) is 1. The molecule has 0 aliphatic heterocycles. The van der Waals surface area contributed by atoms with Gasteiger partial charge in [0.2, 0.25) is 5.91 Å². The molecule has 1 amide bonds. The molecule has 0 fully saturated rings. The third kappa shape index (κ3) is 34.5. The Morgan fingerprint density at radius 1 is 0.500 bits per heavy atom. The van der Waals surface area contributed by atoms with E-state index in [1.807, 2.05) is 6.08 Å². The van der Waals surface area contributed by atoms with Crippen LogP contribution in [0, 0.1) is 0 Å². The summed E-state index contributed by atoms with van der Waals surface area (Å²) in [7, 11) is 0. The molecule has 0 heterocycles. The number of amides is 1. The van der Waals surface area contributed by atoms with Crippen molar-refractivity contribution in [3.8, 4) is 0 Å². The first-order valence-corrected chi connectivity index (χ1v) is 20.9. The van der Waals surface area contributed by atoms with Gasteiger partial charge in [0, 0.05) is 6.42 Å². The van der Waals surface area contributed by atoms with Crippen molar-refractivity contribution in [3.05, 3.63) is 12.2 Å². The number of carbonyl (C=O) groups excluding carboxylic acids is 1. The molecule has 0 spiro atoms. The third-order valence-electron chi connectivity index (χ3n) is 9.77. The van der Waals surface area contributed by atoms with Crippen molar-refractivity contribution in [2.75, 3.05) is 6.61 Å². The second kappa shape index (κ2) is 38.6. The zero-order valence-electron chi connectivity index (χ0n) is 31.4. The molecule has 3 N–H and O–H groups in total. The van der Waals surface area contributed by atoms with Crippen molar-refractivity contribution >= 4 is 5.91 Å². The summed E-state index contributed by atoms with van der Waals surface area (Å²) in [6, 6.07) is -0.615. The van der Waals surface area contributed by atoms with Crippen LogP contribution in [0.25, 0.3) is 0 Å². The van der Waals surface area contributed by atoms with Crippen LogP contribution in [0.5, 0.6) is 0 Å². The van der Waals surface area contributed by atoms with Gasteiger partial charge in [-0.1, -0.05) is 219 Å². The van der Waals surface area contributed by atoms with E-state index in [0.29, 0.717) is 6.42 Å². The van der Waals surface area contributed by atoms with Crippen LogP contribution in [0.15, 0.2) is 12.2 Å². The van der Waals surface area contributed by atoms with Crippen molar-refractivity contribution in [1.82, 2.24) is 5.32 Å². The van der Waals surface area contributed by atoms with E-state index >= 15 is 0 Å². The second-order valence-electron chi connectivity index (χ2n) is 14.4. The van der Waals surface area contributed by atoms with Crippen molar-refractivity contribution in [2.45, 2.75) is 244 Å². The summed E-state index contributed by atoms with van der Waals surface area (Å²) in [4.78, 5) is 12.3. The fourth-order valence-corrected chi connectivity index (χ4v) is 6.53. The van der Waals surface area contributed by atoms with Crippen LogP contribution in [0.2, 0.25) is 0 Å². The number of hydrogen-bond donors (Lipinski definition) is 3. The maximum Gasteiger partial charge on any atom is 0.220 e. The maximum atomic E-state index is 12.3. The van der Waals surface area contributed by atoms with Crippen LogP contribution in [0.4, 0.5) is 0 Å². The third-order valence-corrected chi connectivity index (χ3v) is 9.77. The lowest BCUT2D eigenvalue weighted by Gasteiger charge is -2.20. The minimum absolute atomic E-state index is 0.0605. The van der Waals surface area contributed by atoms with E-state index in [1.165, 1.54) is 186 Å². The first-order chi connectivity index (χ1) is 22.7. The summed E-state index contributed by atoms with van der Waals surface area (Å²) in [5.41, 5.74) is 0. The SMILES string of the molecule is CCCCCCCCCCCCC/C=C/[C@@H](O)[C@@H](CO)NC(=O)CCCCCCCCCCCCCCCCCCCCCCC. The zero-order chi connectivity index (χ0) is 33.6. The Morgan fingerprint density at radius 3 is 1.13 bits per heavy atom. The number of aliphatic hydroxyl groups excluding tert-OH is 2. The summed E-state index contributed by atoms with van der Waals surface area (Å²) < 4.78 is 0. The smallest absolute Gasteiger partial charge is 0.220 e. The summed E-state index contributed by atoms with van der Waals surface area (Å²) in [5.74, 6) is -0.0605. The molecule has 0 rings (SSSR count). The second-order valence-corrected chi connectivity index (χ2v) is 14.4. The number of allylic oxidation sites excluding steroid dienone is 1. The van der Waals surface area contributed by atoms with E-state index in [-0.39, 0.29) is 12.5 Å². The van der Waals surface area contributed by atoms with E-state index in [1.54, 1.807) is 6.08 Å². The van der Waals surface area contributed by atoms with E-state index in [0.717, 1.165) is 25.7 Å². The fraction of sp³-hybridized carbons (Fsp3) is 0.929. The minimum atomic E-state index is -0.832. The highest BCUT2D eigenvalue weighted by molar-refractivity contribution is 5.76. The molecule has 0 aromatic rings. The molecule has 0 aromatic carbocycles. The van der Waals surface area contributed by atoms with Gasteiger partial charge in [-0.15, -0.1) is 0 Å². The predicted molar refractivity (Wildman–Crippen MR) is 202 cm³/mol. The highest BCUT2D eigenvalue weighted by atomic mass is 16.3. The normalized spacial score (nSPS) is 13.0. The first-order valence-electron chi connectivity index (χ1n) is 20.9. The number of hydrogen-bond acceptors (Lipinski definition) is 3. The molecule has 0 radical (unpaired) electrons. The molecule has 274 valence electrons. The molecule has 2 atom stereocenters. The standard InChI is InChI=1S/C42H83NO3/c1-3-5-7-9-11-13-15-17-18-19-20-21-22-23-24-26-28-30-32-34-36-38-42(46)43-40(39-44)41(45)37-35-33-31-29-27-25-16-14-12-10-8-6-4-2/h35,37,40-41,44-45H,3-34,36,38-39H2,1-2H3,(H,43,46)/b37-35+/t40-,41-/m1/s1. The van der Waals surface area contributed by atoms with Gasteiger partial charge in [-0.25, -0.2) is 0 Å². The highest BCUT2D eigenvalue weighted by Crippen LogP contribution is 2.16. The molecule has 0 aliphatic carbocycles. The van der Waals surface area contributed by atoms with Crippen LogP contribution in [0.1, 0.15) is 232 Å². The molecule has 0 aliphatic rings. The Kier molecular flexibility index (Phi) is 37.8. The molecule has 4 nitrogen and oxygen atoms in total. The van der Waals surface area contributed by atoms with E-state index < -0.39 is 12.1 Å². The van der Waals surface area contributed by atoms with Gasteiger partial charge in [0.05, 0.1) is 18.8 Å². The monoisotopic (exact) mass is 650 g/mol. The zero-order valence-corrected chi connectivity index (χ0v) is 31.4. The number of unbranched alkanes of at least 4 members (excludes halogenated alkanes) is 31. The van der Waals surface area contributed by atoms with E-state index in [2.05, 4.69) is 19.2 Å². The Labute approximate surface area is 288 Å². The van der Waals surface area contributed by atoms with Crippen LogP contribution < -0.4 is 5.32 Å². The Balaban J connectivity index is 3.51. The average molecular weight is 650 g/mol. The van der Waals surface area contributed by atoms with Gasteiger partial charge >= 0.3 is 0 Å². The fourth-order valence-electron chi connectivity index (χ4n) is 6.53. The molecule has 46 heavy (non-hydrogen) atoms. The predicted octanol–water partition coefficient (Wildman–Crippen LogP) is 12.7. The molecule has 0 saturated carbocycles. The van der Waals surface area contributed by atoms with Gasteiger partial charge in [0.1, 0.15) is 0 Å². The molecule has 0 saturated heterocycles. The summed E-state index contributed by atoms with van der Waals surface area (Å²) in [6.45, 7) is 4.32. The molecular formula is C42H83NO3. The van der Waals surface area contributed by atoms with Crippen molar-refractivity contribution in [1.29, 1.82) is 0 Å². The lowest BCUT2D eigenvalue weighted by atomic mass is 10.0. The topological polar surface area (TPSA) is 69.6 Å². The van der Waals surface area contributed by atoms with Crippen molar-refractivity contribution in [2.24, 2.45) is 0 Å². The van der Waals surface area contributed by atoms with Crippen LogP contribution >= 0.6 is 0 Å². The van der Waals surface area contributed by atoms with Gasteiger partial charge < -0.3 is 15.5 Å².